The van der Waals surface area contributed by atoms with Crippen LogP contribution in [0.1, 0.15) is 19.4 Å². The molecule has 0 unspecified atom stereocenters. The van der Waals surface area contributed by atoms with Gasteiger partial charge < -0.3 is 5.73 Å². The molecule has 2 N–H and O–H groups in total. The van der Waals surface area contributed by atoms with Crippen LogP contribution in [0.5, 0.6) is 0 Å². The van der Waals surface area contributed by atoms with Crippen LogP contribution in [0.3, 0.4) is 0 Å². The predicted octanol–water partition coefficient (Wildman–Crippen LogP) is 1.99. The predicted molar refractivity (Wildman–Crippen MR) is 61.0 cm³/mol. The van der Waals surface area contributed by atoms with Crippen LogP contribution in [0.25, 0.3) is 0 Å². The summed E-state index contributed by atoms with van der Waals surface area (Å²) >= 11 is 0. The third-order valence-electron chi connectivity index (χ3n) is 2.48. The van der Waals surface area contributed by atoms with E-state index in [0.29, 0.717) is 19.1 Å². The minimum Gasteiger partial charge on any atom is -0.329 e. The topological polar surface area (TPSA) is 29.3 Å². The quantitative estimate of drug-likeness (QED) is 0.805. The Morgan fingerprint density at radius 3 is 2.53 bits per heavy atom. The Morgan fingerprint density at radius 2 is 2.00 bits per heavy atom. The first-order valence-electron chi connectivity index (χ1n) is 5.32. The zero-order chi connectivity index (χ0) is 11.3. The molecule has 1 aromatic carbocycles. The summed E-state index contributed by atoms with van der Waals surface area (Å²) in [6, 6.07) is 7.27. The van der Waals surface area contributed by atoms with Crippen molar-refractivity contribution in [3.05, 3.63) is 35.6 Å². The smallest absolute Gasteiger partial charge is 0.127 e. The van der Waals surface area contributed by atoms with Gasteiger partial charge in [-0.3, -0.25) is 4.90 Å². The number of rotatable bonds is 5. The lowest BCUT2D eigenvalue weighted by atomic mass is 10.2. The molecule has 0 atom stereocenters. The van der Waals surface area contributed by atoms with Gasteiger partial charge in [-0.1, -0.05) is 18.2 Å². The van der Waals surface area contributed by atoms with Crippen molar-refractivity contribution in [1.29, 1.82) is 0 Å². The van der Waals surface area contributed by atoms with Crippen LogP contribution in [-0.4, -0.2) is 24.0 Å². The average molecular weight is 210 g/mol. The Labute approximate surface area is 90.9 Å². The summed E-state index contributed by atoms with van der Waals surface area (Å²) in [4.78, 5) is 2.17. The van der Waals surface area contributed by atoms with Crippen molar-refractivity contribution in [3.8, 4) is 0 Å². The average Bonchev–Trinajstić information content (AvgIpc) is 2.20. The SMILES string of the molecule is CC(C)N(CCN)Cc1ccccc1F. The lowest BCUT2D eigenvalue weighted by Gasteiger charge is -2.25. The van der Waals surface area contributed by atoms with Crippen LogP contribution in [-0.2, 0) is 6.54 Å². The largest absolute Gasteiger partial charge is 0.329 e. The molecule has 0 aliphatic rings. The molecule has 15 heavy (non-hydrogen) atoms. The van der Waals surface area contributed by atoms with Gasteiger partial charge in [0.25, 0.3) is 0 Å². The van der Waals surface area contributed by atoms with E-state index in [2.05, 4.69) is 18.7 Å². The number of benzene rings is 1. The van der Waals surface area contributed by atoms with Gasteiger partial charge in [0.2, 0.25) is 0 Å². The highest BCUT2D eigenvalue weighted by molar-refractivity contribution is 5.17. The van der Waals surface area contributed by atoms with Crippen LogP contribution in [0.4, 0.5) is 4.39 Å². The Bertz CT molecular complexity index is 299. The van der Waals surface area contributed by atoms with Crippen LogP contribution in [0.2, 0.25) is 0 Å². The molecule has 0 aliphatic carbocycles. The van der Waals surface area contributed by atoms with Crippen LogP contribution < -0.4 is 5.73 Å². The van der Waals surface area contributed by atoms with E-state index in [1.165, 1.54) is 6.07 Å². The highest BCUT2D eigenvalue weighted by Gasteiger charge is 2.11. The Hall–Kier alpha value is -0.930. The fourth-order valence-electron chi connectivity index (χ4n) is 1.53. The van der Waals surface area contributed by atoms with E-state index >= 15 is 0 Å². The Balaban J connectivity index is 2.69. The van der Waals surface area contributed by atoms with Gasteiger partial charge in [0.15, 0.2) is 0 Å². The first-order valence-corrected chi connectivity index (χ1v) is 5.32. The molecule has 0 amide bonds. The molecule has 2 nitrogen and oxygen atoms in total. The van der Waals surface area contributed by atoms with Gasteiger partial charge in [0.1, 0.15) is 5.82 Å². The first kappa shape index (κ1) is 12.1. The van der Waals surface area contributed by atoms with Crippen molar-refractivity contribution in [2.75, 3.05) is 13.1 Å². The first-order chi connectivity index (χ1) is 7.15. The van der Waals surface area contributed by atoms with Crippen molar-refractivity contribution in [2.45, 2.75) is 26.4 Å². The molecule has 0 bridgehead atoms. The lowest BCUT2D eigenvalue weighted by molar-refractivity contribution is 0.216. The third kappa shape index (κ3) is 3.61. The maximum absolute atomic E-state index is 13.4. The molecule has 1 rings (SSSR count). The van der Waals surface area contributed by atoms with Gasteiger partial charge in [0, 0.05) is 31.2 Å². The van der Waals surface area contributed by atoms with Crippen LogP contribution >= 0.6 is 0 Å². The normalized spacial score (nSPS) is 11.3. The maximum Gasteiger partial charge on any atom is 0.127 e. The molecule has 84 valence electrons. The zero-order valence-corrected chi connectivity index (χ0v) is 9.41. The molecular weight excluding hydrogens is 191 g/mol. The Morgan fingerprint density at radius 1 is 1.33 bits per heavy atom. The second-order valence-corrected chi connectivity index (χ2v) is 3.94. The molecule has 0 spiro atoms. The molecule has 0 aromatic heterocycles. The summed E-state index contributed by atoms with van der Waals surface area (Å²) in [5, 5.41) is 0. The van der Waals surface area contributed by atoms with Gasteiger partial charge in [-0.2, -0.15) is 0 Å². The van der Waals surface area contributed by atoms with E-state index in [9.17, 15) is 4.39 Å². The molecule has 0 fully saturated rings. The molecule has 0 heterocycles. The highest BCUT2D eigenvalue weighted by Crippen LogP contribution is 2.11. The monoisotopic (exact) mass is 210 g/mol. The molecule has 0 saturated heterocycles. The summed E-state index contributed by atoms with van der Waals surface area (Å²) in [5.41, 5.74) is 6.26. The summed E-state index contributed by atoms with van der Waals surface area (Å²) in [6.45, 7) is 6.22. The van der Waals surface area contributed by atoms with Crippen molar-refractivity contribution in [1.82, 2.24) is 4.90 Å². The summed E-state index contributed by atoms with van der Waals surface area (Å²) < 4.78 is 13.4. The lowest BCUT2D eigenvalue weighted by Crippen LogP contribution is -2.35. The summed E-state index contributed by atoms with van der Waals surface area (Å²) in [6.07, 6.45) is 0. The molecule has 1 aromatic rings. The minimum absolute atomic E-state index is 0.139. The van der Waals surface area contributed by atoms with Gasteiger partial charge >= 0.3 is 0 Å². The maximum atomic E-state index is 13.4. The number of hydrogen-bond donors (Lipinski definition) is 1. The van der Waals surface area contributed by atoms with Gasteiger partial charge in [-0.15, -0.1) is 0 Å². The van der Waals surface area contributed by atoms with Crippen LogP contribution in [0.15, 0.2) is 24.3 Å². The number of nitrogens with two attached hydrogens (primary N) is 1. The number of halogens is 1. The Kier molecular flexibility index (Phi) is 4.72. The van der Waals surface area contributed by atoms with Gasteiger partial charge in [-0.25, -0.2) is 4.39 Å². The van der Waals surface area contributed by atoms with Crippen molar-refractivity contribution < 1.29 is 4.39 Å². The van der Waals surface area contributed by atoms with Crippen molar-refractivity contribution >= 4 is 0 Å². The van der Waals surface area contributed by atoms with Crippen molar-refractivity contribution in [3.63, 3.8) is 0 Å². The summed E-state index contributed by atoms with van der Waals surface area (Å²) in [5.74, 6) is -0.139. The second-order valence-electron chi connectivity index (χ2n) is 3.94. The molecule has 0 radical (unpaired) electrons. The van der Waals surface area contributed by atoms with E-state index < -0.39 is 0 Å². The molecular formula is C12H19FN2. The highest BCUT2D eigenvalue weighted by atomic mass is 19.1. The zero-order valence-electron chi connectivity index (χ0n) is 9.41. The van der Waals surface area contributed by atoms with Gasteiger partial charge in [-0.05, 0) is 19.9 Å². The van der Waals surface area contributed by atoms with E-state index in [-0.39, 0.29) is 5.82 Å². The minimum atomic E-state index is -0.139. The molecule has 3 heteroatoms. The molecule has 0 aliphatic heterocycles. The third-order valence-corrected chi connectivity index (χ3v) is 2.48. The van der Waals surface area contributed by atoms with E-state index in [0.717, 1.165) is 12.1 Å². The fraction of sp³-hybridized carbons (Fsp3) is 0.500. The standard InChI is InChI=1S/C12H19FN2/c1-10(2)15(8-7-14)9-11-5-3-4-6-12(11)13/h3-6,10H,7-9,14H2,1-2H3. The molecule has 0 saturated carbocycles. The summed E-state index contributed by atoms with van der Waals surface area (Å²) in [7, 11) is 0. The number of hydrogen-bond acceptors (Lipinski definition) is 2. The van der Waals surface area contributed by atoms with E-state index in [1.54, 1.807) is 6.07 Å². The van der Waals surface area contributed by atoms with E-state index in [4.69, 9.17) is 5.73 Å². The fourth-order valence-corrected chi connectivity index (χ4v) is 1.53. The van der Waals surface area contributed by atoms with Gasteiger partial charge in [0.05, 0.1) is 0 Å². The number of nitrogens with zero attached hydrogens (tertiary/aromatic N) is 1. The van der Waals surface area contributed by atoms with E-state index in [1.807, 2.05) is 12.1 Å². The van der Waals surface area contributed by atoms with Crippen LogP contribution in [0, 0.1) is 5.82 Å². The van der Waals surface area contributed by atoms with Crippen molar-refractivity contribution in [2.24, 2.45) is 5.73 Å². The second kappa shape index (κ2) is 5.83.